The third-order valence-electron chi connectivity index (χ3n) is 5.83. The Morgan fingerprint density at radius 3 is 2.86 bits per heavy atom. The van der Waals surface area contributed by atoms with Gasteiger partial charge in [0.05, 0.1) is 24.0 Å². The average molecular weight is 393 g/mol. The van der Waals surface area contributed by atoms with Crippen molar-refractivity contribution in [3.8, 4) is 11.6 Å². The Kier molecular flexibility index (Phi) is 4.26. The van der Waals surface area contributed by atoms with Gasteiger partial charge in [0.1, 0.15) is 12.0 Å². The molecule has 3 aromatic rings. The van der Waals surface area contributed by atoms with Crippen LogP contribution in [0.4, 0.5) is 5.82 Å². The lowest BCUT2D eigenvalue weighted by Crippen LogP contribution is -2.42. The molecule has 0 spiro atoms. The van der Waals surface area contributed by atoms with Crippen LogP contribution in [0.3, 0.4) is 0 Å². The lowest BCUT2D eigenvalue weighted by Gasteiger charge is -2.40. The maximum Gasteiger partial charge on any atom is 0.254 e. The van der Waals surface area contributed by atoms with E-state index < -0.39 is 0 Å². The quantitative estimate of drug-likeness (QED) is 0.720. The molecule has 1 amide bonds. The molecule has 2 aliphatic rings. The molecule has 1 N–H and O–H groups in total. The van der Waals surface area contributed by atoms with Gasteiger partial charge >= 0.3 is 0 Å². The first-order chi connectivity index (χ1) is 14.2. The largest absolute Gasteiger partial charge is 0.355 e. The van der Waals surface area contributed by atoms with Crippen molar-refractivity contribution in [2.45, 2.75) is 51.1 Å². The Labute approximate surface area is 168 Å². The van der Waals surface area contributed by atoms with E-state index in [4.69, 9.17) is 4.98 Å². The van der Waals surface area contributed by atoms with E-state index in [1.807, 2.05) is 4.57 Å². The van der Waals surface area contributed by atoms with Crippen LogP contribution in [0.25, 0.3) is 11.6 Å². The highest BCUT2D eigenvalue weighted by molar-refractivity contribution is 5.93. The number of hydrogen-bond donors (Lipinski definition) is 1. The Balaban J connectivity index is 1.63. The lowest BCUT2D eigenvalue weighted by atomic mass is 10.0. The number of carbonyl (C=O) groups is 1. The van der Waals surface area contributed by atoms with E-state index in [0.717, 1.165) is 36.6 Å². The first-order valence-corrected chi connectivity index (χ1v) is 10.0. The van der Waals surface area contributed by atoms with Gasteiger partial charge in [0.2, 0.25) is 0 Å². The van der Waals surface area contributed by atoms with Gasteiger partial charge in [-0.05, 0) is 19.3 Å². The monoisotopic (exact) mass is 393 g/mol. The maximum absolute atomic E-state index is 11.9. The van der Waals surface area contributed by atoms with Gasteiger partial charge in [-0.15, -0.1) is 10.2 Å². The number of fused-ring (bicyclic) bond motifs is 3. The van der Waals surface area contributed by atoms with Crippen LogP contribution >= 0.6 is 0 Å². The van der Waals surface area contributed by atoms with Crippen LogP contribution in [0, 0.1) is 0 Å². The second-order valence-electron chi connectivity index (χ2n) is 7.46. The Morgan fingerprint density at radius 2 is 2.10 bits per heavy atom. The number of carbonyl (C=O) groups excluding carboxylic acids is 1. The summed E-state index contributed by atoms with van der Waals surface area (Å²) in [4.78, 5) is 23.7. The number of rotatable bonds is 4. The standard InChI is InChI=1S/C19H23N9O/c1-3-14-17-25-22-11-26(17)15-9-21-19(27-10-12(8-23-27)18(29)20-2)24-16(15)28(14)13-6-4-5-7-13/h8-11,13-14H,3-7H2,1-2H3,(H,20,29). The number of amides is 1. The highest BCUT2D eigenvalue weighted by Gasteiger charge is 2.38. The molecule has 5 rings (SSSR count). The van der Waals surface area contributed by atoms with E-state index >= 15 is 0 Å². The average Bonchev–Trinajstić information content (AvgIpc) is 3.52. The molecule has 29 heavy (non-hydrogen) atoms. The minimum Gasteiger partial charge on any atom is -0.355 e. The molecule has 0 radical (unpaired) electrons. The maximum atomic E-state index is 11.9. The van der Waals surface area contributed by atoms with E-state index in [-0.39, 0.29) is 11.9 Å². The number of nitrogens with one attached hydrogen (secondary N) is 1. The van der Waals surface area contributed by atoms with Crippen LogP contribution < -0.4 is 10.2 Å². The third-order valence-corrected chi connectivity index (χ3v) is 5.83. The summed E-state index contributed by atoms with van der Waals surface area (Å²) in [6.45, 7) is 2.17. The van der Waals surface area contributed by atoms with Gasteiger partial charge in [-0.1, -0.05) is 19.8 Å². The molecular formula is C19H23N9O. The summed E-state index contributed by atoms with van der Waals surface area (Å²) in [6, 6.07) is 0.542. The molecule has 1 unspecified atom stereocenters. The Hall–Kier alpha value is -3.30. The molecule has 10 heteroatoms. The summed E-state index contributed by atoms with van der Waals surface area (Å²) in [5.74, 6) is 2.05. The minimum absolute atomic E-state index is 0.120. The van der Waals surface area contributed by atoms with Gasteiger partial charge in [-0.2, -0.15) is 10.1 Å². The summed E-state index contributed by atoms with van der Waals surface area (Å²) >= 11 is 0. The van der Waals surface area contributed by atoms with E-state index in [1.54, 1.807) is 30.5 Å². The van der Waals surface area contributed by atoms with Crippen molar-refractivity contribution in [3.05, 3.63) is 36.3 Å². The summed E-state index contributed by atoms with van der Waals surface area (Å²) < 4.78 is 3.53. The SMILES string of the molecule is CCC1c2nncn2-c2cnc(-n3cc(C(=O)NC)cn3)nc2N1C1CCCC1. The van der Waals surface area contributed by atoms with Crippen LogP contribution in [-0.2, 0) is 0 Å². The molecule has 1 aliphatic heterocycles. The summed E-state index contributed by atoms with van der Waals surface area (Å²) in [5.41, 5.74) is 1.35. The molecule has 4 heterocycles. The van der Waals surface area contributed by atoms with Gasteiger partial charge in [0, 0.05) is 19.3 Å². The topological polar surface area (TPSA) is 107 Å². The summed E-state index contributed by atoms with van der Waals surface area (Å²) in [7, 11) is 1.59. The molecule has 0 bridgehead atoms. The van der Waals surface area contributed by atoms with E-state index in [9.17, 15) is 4.79 Å². The second-order valence-corrected chi connectivity index (χ2v) is 7.46. The zero-order valence-electron chi connectivity index (χ0n) is 16.5. The van der Waals surface area contributed by atoms with E-state index in [0.29, 0.717) is 17.6 Å². The molecule has 150 valence electrons. The van der Waals surface area contributed by atoms with Crippen LogP contribution in [0.15, 0.2) is 24.9 Å². The number of anilines is 1. The predicted octanol–water partition coefficient (Wildman–Crippen LogP) is 1.82. The minimum atomic E-state index is -0.193. The molecule has 1 atom stereocenters. The first-order valence-electron chi connectivity index (χ1n) is 10.0. The summed E-state index contributed by atoms with van der Waals surface area (Å²) in [5, 5.41) is 15.4. The zero-order valence-corrected chi connectivity index (χ0v) is 16.5. The fourth-order valence-corrected chi connectivity index (χ4v) is 4.44. The van der Waals surface area contributed by atoms with Crippen molar-refractivity contribution < 1.29 is 4.79 Å². The highest BCUT2D eigenvalue weighted by atomic mass is 16.1. The van der Waals surface area contributed by atoms with Gasteiger partial charge in [0.15, 0.2) is 11.6 Å². The number of hydrogen-bond acceptors (Lipinski definition) is 7. The van der Waals surface area contributed by atoms with Crippen molar-refractivity contribution in [2.24, 2.45) is 0 Å². The molecular weight excluding hydrogens is 370 g/mol. The second kappa shape index (κ2) is 6.94. The van der Waals surface area contributed by atoms with Gasteiger partial charge in [-0.3, -0.25) is 9.36 Å². The van der Waals surface area contributed by atoms with Crippen molar-refractivity contribution in [2.75, 3.05) is 11.9 Å². The van der Waals surface area contributed by atoms with Gasteiger partial charge in [-0.25, -0.2) is 9.67 Å². The van der Waals surface area contributed by atoms with Crippen LogP contribution in [0.5, 0.6) is 0 Å². The fourth-order valence-electron chi connectivity index (χ4n) is 4.44. The number of nitrogens with zero attached hydrogens (tertiary/aromatic N) is 8. The van der Waals surface area contributed by atoms with Gasteiger partial charge < -0.3 is 10.2 Å². The lowest BCUT2D eigenvalue weighted by molar-refractivity contribution is 0.0963. The first kappa shape index (κ1) is 17.8. The van der Waals surface area contributed by atoms with E-state index in [1.165, 1.54) is 19.0 Å². The van der Waals surface area contributed by atoms with Crippen molar-refractivity contribution >= 4 is 11.7 Å². The Morgan fingerprint density at radius 1 is 1.28 bits per heavy atom. The van der Waals surface area contributed by atoms with Crippen molar-refractivity contribution in [1.82, 2.24) is 39.8 Å². The third kappa shape index (κ3) is 2.78. The number of aromatic nitrogens is 7. The molecule has 3 aromatic heterocycles. The van der Waals surface area contributed by atoms with E-state index in [2.05, 4.69) is 37.4 Å². The summed E-state index contributed by atoms with van der Waals surface area (Å²) in [6.07, 6.45) is 12.3. The van der Waals surface area contributed by atoms with Gasteiger partial charge in [0.25, 0.3) is 11.9 Å². The van der Waals surface area contributed by atoms with Crippen molar-refractivity contribution in [1.29, 1.82) is 0 Å². The van der Waals surface area contributed by atoms with Crippen molar-refractivity contribution in [3.63, 3.8) is 0 Å². The molecule has 1 fully saturated rings. The highest BCUT2D eigenvalue weighted by Crippen LogP contribution is 2.42. The van der Waals surface area contributed by atoms with Crippen LogP contribution in [-0.4, -0.2) is 53.5 Å². The molecule has 0 aromatic carbocycles. The fraction of sp³-hybridized carbons (Fsp3) is 0.474. The molecule has 1 saturated carbocycles. The normalized spacial score (nSPS) is 18.6. The predicted molar refractivity (Wildman–Crippen MR) is 105 cm³/mol. The molecule has 0 saturated heterocycles. The van der Waals surface area contributed by atoms with Crippen LogP contribution in [0.1, 0.15) is 61.3 Å². The zero-order chi connectivity index (χ0) is 20.0. The smallest absolute Gasteiger partial charge is 0.254 e. The van der Waals surface area contributed by atoms with Crippen LogP contribution in [0.2, 0.25) is 0 Å². The molecule has 10 nitrogen and oxygen atoms in total. The Bertz CT molecular complexity index is 1050. The molecule has 1 aliphatic carbocycles.